The lowest BCUT2D eigenvalue weighted by atomic mass is 10.1. The molecule has 3 aromatic rings. The van der Waals surface area contributed by atoms with E-state index in [1.165, 1.54) is 0 Å². The molecule has 98 valence electrons. The molecular weight excluding hydrogens is 238 g/mol. The molecule has 0 radical (unpaired) electrons. The van der Waals surface area contributed by atoms with Crippen molar-refractivity contribution in [2.24, 2.45) is 5.73 Å². The maximum Gasteiger partial charge on any atom is 0.134 e. The Labute approximate surface area is 111 Å². The van der Waals surface area contributed by atoms with Crippen molar-refractivity contribution in [3.8, 4) is 0 Å². The zero-order valence-corrected chi connectivity index (χ0v) is 11.2. The standard InChI is InChI=1S/C15H17N3O/c1-10-11(2)18(9-17-10)8-15-13(7-16)12-5-3-4-6-14(12)19-15/h3-6,9H,7-8,16H2,1-2H3. The van der Waals surface area contributed by atoms with Crippen LogP contribution >= 0.6 is 0 Å². The van der Waals surface area contributed by atoms with Gasteiger partial charge in [0.2, 0.25) is 0 Å². The number of imidazole rings is 1. The quantitative estimate of drug-likeness (QED) is 0.783. The molecule has 0 atom stereocenters. The summed E-state index contributed by atoms with van der Waals surface area (Å²) in [6.45, 7) is 5.23. The molecule has 0 aliphatic heterocycles. The van der Waals surface area contributed by atoms with E-state index in [0.717, 1.165) is 33.7 Å². The van der Waals surface area contributed by atoms with Gasteiger partial charge in [-0.3, -0.25) is 0 Å². The van der Waals surface area contributed by atoms with Gasteiger partial charge < -0.3 is 14.7 Å². The predicted octanol–water partition coefficient (Wildman–Crippen LogP) is 2.75. The Morgan fingerprint density at radius 1 is 1.26 bits per heavy atom. The van der Waals surface area contributed by atoms with Gasteiger partial charge in [0, 0.05) is 23.2 Å². The lowest BCUT2D eigenvalue weighted by Gasteiger charge is -2.04. The summed E-state index contributed by atoms with van der Waals surface area (Å²) in [7, 11) is 0. The first-order valence-corrected chi connectivity index (χ1v) is 6.38. The number of nitrogens with two attached hydrogens (primary N) is 1. The molecule has 2 heterocycles. The summed E-state index contributed by atoms with van der Waals surface area (Å²) in [5.41, 5.74) is 10.1. The molecule has 0 saturated carbocycles. The third kappa shape index (κ3) is 1.94. The number of rotatable bonds is 3. The molecule has 0 unspecified atom stereocenters. The van der Waals surface area contributed by atoms with E-state index in [1.54, 1.807) is 0 Å². The highest BCUT2D eigenvalue weighted by atomic mass is 16.3. The molecule has 4 heteroatoms. The predicted molar refractivity (Wildman–Crippen MR) is 74.9 cm³/mol. The highest BCUT2D eigenvalue weighted by Crippen LogP contribution is 2.26. The molecular formula is C15H17N3O. The van der Waals surface area contributed by atoms with E-state index in [4.69, 9.17) is 10.2 Å². The Bertz CT molecular complexity index is 724. The van der Waals surface area contributed by atoms with Crippen molar-refractivity contribution in [1.82, 2.24) is 9.55 Å². The van der Waals surface area contributed by atoms with Gasteiger partial charge >= 0.3 is 0 Å². The van der Waals surface area contributed by atoms with Gasteiger partial charge in [0.05, 0.1) is 18.6 Å². The van der Waals surface area contributed by atoms with Gasteiger partial charge in [0.25, 0.3) is 0 Å². The summed E-state index contributed by atoms with van der Waals surface area (Å²) in [4.78, 5) is 4.31. The third-order valence-corrected chi connectivity index (χ3v) is 3.65. The maximum absolute atomic E-state index is 5.93. The van der Waals surface area contributed by atoms with Crippen molar-refractivity contribution in [3.05, 3.63) is 53.3 Å². The Morgan fingerprint density at radius 2 is 2.05 bits per heavy atom. The highest BCUT2D eigenvalue weighted by Gasteiger charge is 2.14. The molecule has 0 spiro atoms. The monoisotopic (exact) mass is 255 g/mol. The first-order chi connectivity index (χ1) is 9.20. The smallest absolute Gasteiger partial charge is 0.134 e. The molecule has 0 bridgehead atoms. The summed E-state index contributed by atoms with van der Waals surface area (Å²) in [6, 6.07) is 8.01. The number of fused-ring (bicyclic) bond motifs is 1. The molecule has 0 aliphatic rings. The van der Waals surface area contributed by atoms with E-state index < -0.39 is 0 Å². The van der Waals surface area contributed by atoms with Crippen molar-refractivity contribution in [2.45, 2.75) is 26.9 Å². The first-order valence-electron chi connectivity index (χ1n) is 6.38. The summed E-state index contributed by atoms with van der Waals surface area (Å²) in [6.07, 6.45) is 1.85. The zero-order valence-electron chi connectivity index (χ0n) is 11.2. The second-order valence-corrected chi connectivity index (χ2v) is 4.75. The van der Waals surface area contributed by atoms with Gasteiger partial charge in [-0.1, -0.05) is 18.2 Å². The van der Waals surface area contributed by atoms with Crippen LogP contribution in [-0.4, -0.2) is 9.55 Å². The number of nitrogens with zero attached hydrogens (tertiary/aromatic N) is 2. The summed E-state index contributed by atoms with van der Waals surface area (Å²) >= 11 is 0. The van der Waals surface area contributed by atoms with Gasteiger partial charge in [0.15, 0.2) is 0 Å². The van der Waals surface area contributed by atoms with Crippen LogP contribution in [0.1, 0.15) is 22.7 Å². The fraction of sp³-hybridized carbons (Fsp3) is 0.267. The number of benzene rings is 1. The van der Waals surface area contributed by atoms with Crippen LogP contribution in [0.5, 0.6) is 0 Å². The minimum Gasteiger partial charge on any atom is -0.459 e. The molecule has 3 rings (SSSR count). The number of hydrogen-bond acceptors (Lipinski definition) is 3. The van der Waals surface area contributed by atoms with Crippen LogP contribution in [0.4, 0.5) is 0 Å². The Balaban J connectivity index is 2.07. The normalized spacial score (nSPS) is 11.3. The maximum atomic E-state index is 5.93. The molecule has 2 N–H and O–H groups in total. The van der Waals surface area contributed by atoms with Gasteiger partial charge in [-0.2, -0.15) is 0 Å². The van der Waals surface area contributed by atoms with E-state index in [1.807, 2.05) is 31.5 Å². The fourth-order valence-corrected chi connectivity index (χ4v) is 2.36. The van der Waals surface area contributed by atoms with Gasteiger partial charge in [-0.25, -0.2) is 4.98 Å². The van der Waals surface area contributed by atoms with Crippen LogP contribution in [0.2, 0.25) is 0 Å². The number of hydrogen-bond donors (Lipinski definition) is 1. The van der Waals surface area contributed by atoms with Gasteiger partial charge in [-0.05, 0) is 19.9 Å². The van der Waals surface area contributed by atoms with Gasteiger partial charge in [-0.15, -0.1) is 0 Å². The molecule has 0 saturated heterocycles. The average Bonchev–Trinajstić information content (AvgIpc) is 2.93. The Kier molecular flexibility index (Phi) is 2.87. The van der Waals surface area contributed by atoms with Crippen molar-refractivity contribution in [3.63, 3.8) is 0 Å². The van der Waals surface area contributed by atoms with Crippen LogP contribution in [0.25, 0.3) is 11.0 Å². The van der Waals surface area contributed by atoms with Crippen LogP contribution in [-0.2, 0) is 13.1 Å². The lowest BCUT2D eigenvalue weighted by molar-refractivity contribution is 0.518. The number of para-hydroxylation sites is 1. The van der Waals surface area contributed by atoms with E-state index >= 15 is 0 Å². The topological polar surface area (TPSA) is 57.0 Å². The van der Waals surface area contributed by atoms with E-state index in [2.05, 4.69) is 22.5 Å². The summed E-state index contributed by atoms with van der Waals surface area (Å²) in [5, 5.41) is 1.11. The molecule has 1 aromatic carbocycles. The molecule has 4 nitrogen and oxygen atoms in total. The van der Waals surface area contributed by atoms with Gasteiger partial charge in [0.1, 0.15) is 11.3 Å². The number of aromatic nitrogens is 2. The summed E-state index contributed by atoms with van der Waals surface area (Å²) < 4.78 is 8.02. The van der Waals surface area contributed by atoms with E-state index in [-0.39, 0.29) is 0 Å². The van der Waals surface area contributed by atoms with Crippen LogP contribution in [0.15, 0.2) is 35.0 Å². The van der Waals surface area contributed by atoms with E-state index in [9.17, 15) is 0 Å². The molecule has 0 fully saturated rings. The largest absolute Gasteiger partial charge is 0.459 e. The van der Waals surface area contributed by atoms with Crippen molar-refractivity contribution >= 4 is 11.0 Å². The van der Waals surface area contributed by atoms with Crippen molar-refractivity contribution in [1.29, 1.82) is 0 Å². The fourth-order valence-electron chi connectivity index (χ4n) is 2.36. The number of aryl methyl sites for hydroxylation is 1. The highest BCUT2D eigenvalue weighted by molar-refractivity contribution is 5.82. The van der Waals surface area contributed by atoms with Crippen LogP contribution in [0, 0.1) is 13.8 Å². The minimum atomic E-state index is 0.485. The number of furan rings is 1. The Morgan fingerprint density at radius 3 is 2.74 bits per heavy atom. The molecule has 2 aromatic heterocycles. The first kappa shape index (κ1) is 12.0. The second-order valence-electron chi connectivity index (χ2n) is 4.75. The van der Waals surface area contributed by atoms with Crippen molar-refractivity contribution < 1.29 is 4.42 Å². The zero-order chi connectivity index (χ0) is 13.4. The van der Waals surface area contributed by atoms with Crippen LogP contribution < -0.4 is 5.73 Å². The van der Waals surface area contributed by atoms with Crippen LogP contribution in [0.3, 0.4) is 0 Å². The molecule has 0 amide bonds. The average molecular weight is 255 g/mol. The minimum absolute atomic E-state index is 0.485. The second kappa shape index (κ2) is 4.55. The third-order valence-electron chi connectivity index (χ3n) is 3.65. The Hall–Kier alpha value is -2.07. The molecule has 19 heavy (non-hydrogen) atoms. The molecule has 0 aliphatic carbocycles. The lowest BCUT2D eigenvalue weighted by Crippen LogP contribution is -2.05. The summed E-state index contributed by atoms with van der Waals surface area (Å²) in [5.74, 6) is 0.921. The van der Waals surface area contributed by atoms with Crippen molar-refractivity contribution in [2.75, 3.05) is 0 Å². The van der Waals surface area contributed by atoms with E-state index in [0.29, 0.717) is 13.1 Å². The SMILES string of the molecule is Cc1ncn(Cc2oc3ccccc3c2CN)c1C.